The summed E-state index contributed by atoms with van der Waals surface area (Å²) in [7, 11) is 0. The van der Waals surface area contributed by atoms with Gasteiger partial charge in [-0.05, 0) is 63.1 Å². The van der Waals surface area contributed by atoms with Crippen LogP contribution in [0.5, 0.6) is 0 Å². The first-order valence-corrected chi connectivity index (χ1v) is 17.0. The Morgan fingerprint density at radius 3 is 2.55 bits per heavy atom. The highest BCUT2D eigenvalue weighted by molar-refractivity contribution is 6.06. The molecule has 7 rings (SSSR count). The van der Waals surface area contributed by atoms with Crippen LogP contribution in [0.3, 0.4) is 0 Å². The van der Waals surface area contributed by atoms with Crippen molar-refractivity contribution in [2.75, 3.05) is 18.5 Å². The van der Waals surface area contributed by atoms with Crippen molar-refractivity contribution in [3.05, 3.63) is 59.1 Å². The van der Waals surface area contributed by atoms with E-state index in [4.69, 9.17) is 15.5 Å². The average Bonchev–Trinajstić information content (AvgIpc) is 3.34. The normalized spacial score (nSPS) is 24.0. The Morgan fingerprint density at radius 2 is 1.82 bits per heavy atom. The van der Waals surface area contributed by atoms with Crippen molar-refractivity contribution in [3.63, 3.8) is 0 Å². The maximum absolute atomic E-state index is 14.4. The van der Waals surface area contributed by atoms with Gasteiger partial charge < -0.3 is 20.7 Å². The fraction of sp³-hybridized carbons (Fsp3) is 0.486. The minimum absolute atomic E-state index is 0.00154. The number of piperidine rings is 1. The molecule has 3 aliphatic rings. The van der Waals surface area contributed by atoms with Gasteiger partial charge in [0.05, 0.1) is 23.5 Å². The molecular weight excluding hydrogens is 667 g/mol. The van der Waals surface area contributed by atoms with E-state index in [2.05, 4.69) is 25.4 Å². The Kier molecular flexibility index (Phi) is 8.76. The van der Waals surface area contributed by atoms with Crippen LogP contribution in [0.2, 0.25) is 0 Å². The van der Waals surface area contributed by atoms with Gasteiger partial charge in [0.25, 0.3) is 5.91 Å². The highest BCUT2D eigenvalue weighted by Crippen LogP contribution is 2.64. The fourth-order valence-electron chi connectivity index (χ4n) is 7.74. The van der Waals surface area contributed by atoms with Crippen LogP contribution in [0.1, 0.15) is 72.3 Å². The standard InChI is InChI=1S/C35H38F3N9O4/c1-18-9-10-26(35(36,37)38)43-32(18)44-33(50)25-13-34-17-51-11-7-5-4-6-8-23-29-22(12-24(42-23)21-14-40-20(3)41-15-21)28(31(39)49)45-46(29)16-27(48)47(25)30(34)19(34)2/h9-10,12,14-15,19,25,30H,4-8,11,13,16-17H2,1-3H3,(H2,39,49)(H,43,44,50)/t19-,25-,30+,34+/m0/s1. The zero-order chi connectivity index (χ0) is 36.2. The van der Waals surface area contributed by atoms with Gasteiger partial charge in [-0.3, -0.25) is 24.0 Å². The SMILES string of the molecule is Cc1ncc(-c2cc3c(C(N)=O)nn4c3c(n2)CCCCCCOC[C@@]23C[C@@H](C(=O)Nc5nc(C(F)(F)F)ccc5C)N(C(=O)C4)[C@@H]2[C@@H]3C)cn1. The Bertz CT molecular complexity index is 2030. The molecule has 4 aromatic rings. The second kappa shape index (κ2) is 13.0. The van der Waals surface area contributed by atoms with Crippen molar-refractivity contribution in [3.8, 4) is 11.3 Å². The smallest absolute Gasteiger partial charge is 0.381 e. The van der Waals surface area contributed by atoms with Gasteiger partial charge in [0, 0.05) is 41.4 Å². The molecule has 1 saturated carbocycles. The topological polar surface area (TPSA) is 171 Å². The van der Waals surface area contributed by atoms with Gasteiger partial charge in [-0.1, -0.05) is 25.8 Å². The summed E-state index contributed by atoms with van der Waals surface area (Å²) < 4.78 is 48.0. The van der Waals surface area contributed by atoms with Crippen LogP contribution in [0.4, 0.5) is 19.0 Å². The van der Waals surface area contributed by atoms with Crippen molar-refractivity contribution < 1.29 is 32.3 Å². The number of hydrogen-bond donors (Lipinski definition) is 2. The lowest BCUT2D eigenvalue weighted by atomic mass is 9.96. The Balaban J connectivity index is 1.28. The molecule has 2 bridgehead atoms. The molecule has 2 aliphatic heterocycles. The van der Waals surface area contributed by atoms with Crippen LogP contribution in [0.25, 0.3) is 22.2 Å². The third kappa shape index (κ3) is 6.29. The number of hydrogen-bond acceptors (Lipinski definition) is 9. The predicted molar refractivity (Wildman–Crippen MR) is 178 cm³/mol. The quantitative estimate of drug-likeness (QED) is 0.313. The van der Waals surface area contributed by atoms with Gasteiger partial charge in [0.1, 0.15) is 29.9 Å². The van der Waals surface area contributed by atoms with Crippen molar-refractivity contribution >= 4 is 34.4 Å². The summed E-state index contributed by atoms with van der Waals surface area (Å²) in [4.78, 5) is 59.8. The van der Waals surface area contributed by atoms with Crippen LogP contribution in [-0.2, 0) is 33.5 Å². The van der Waals surface area contributed by atoms with Crippen molar-refractivity contribution in [2.45, 2.75) is 84.1 Å². The molecule has 2 fully saturated rings. The van der Waals surface area contributed by atoms with Crippen LogP contribution in [0.15, 0.2) is 30.6 Å². The maximum Gasteiger partial charge on any atom is 0.433 e. The highest BCUT2D eigenvalue weighted by atomic mass is 19.4. The summed E-state index contributed by atoms with van der Waals surface area (Å²) in [5.74, 6) is -1.52. The lowest BCUT2D eigenvalue weighted by Gasteiger charge is -2.28. The number of alkyl halides is 3. The van der Waals surface area contributed by atoms with E-state index in [1.54, 1.807) is 32.3 Å². The molecule has 1 aliphatic carbocycles. The number of ether oxygens (including phenoxy) is 1. The molecule has 51 heavy (non-hydrogen) atoms. The molecule has 268 valence electrons. The van der Waals surface area contributed by atoms with Crippen molar-refractivity contribution in [1.29, 1.82) is 0 Å². The average molecular weight is 706 g/mol. The second-order valence-corrected chi connectivity index (χ2v) is 13.8. The van der Waals surface area contributed by atoms with E-state index in [-0.39, 0.29) is 36.4 Å². The third-order valence-corrected chi connectivity index (χ3v) is 10.5. The predicted octanol–water partition coefficient (Wildman–Crippen LogP) is 4.40. The second-order valence-electron chi connectivity index (χ2n) is 13.8. The molecule has 3 amide bonds. The number of rotatable bonds is 4. The number of nitrogens with two attached hydrogens (primary N) is 1. The number of aryl methyl sites for hydroxylation is 3. The summed E-state index contributed by atoms with van der Waals surface area (Å²) in [5.41, 5.74) is 6.76. The number of carbonyl (C=O) groups excluding carboxylic acids is 3. The first-order valence-electron chi connectivity index (χ1n) is 17.0. The van der Waals surface area contributed by atoms with Crippen LogP contribution >= 0.6 is 0 Å². The van der Waals surface area contributed by atoms with E-state index in [0.717, 1.165) is 31.7 Å². The number of anilines is 1. The molecule has 0 aromatic carbocycles. The van der Waals surface area contributed by atoms with Gasteiger partial charge in [-0.2, -0.15) is 18.3 Å². The van der Waals surface area contributed by atoms with E-state index in [1.807, 2.05) is 6.92 Å². The molecule has 16 heteroatoms. The monoisotopic (exact) mass is 705 g/mol. The number of carbonyl (C=O) groups is 3. The molecule has 1 saturated heterocycles. The number of aromatic nitrogens is 6. The summed E-state index contributed by atoms with van der Waals surface area (Å²) >= 11 is 0. The minimum Gasteiger partial charge on any atom is -0.381 e. The number of amides is 3. The van der Waals surface area contributed by atoms with Crippen molar-refractivity contribution in [2.24, 2.45) is 17.1 Å². The van der Waals surface area contributed by atoms with E-state index < -0.39 is 41.0 Å². The molecule has 4 aromatic heterocycles. The number of nitrogens with one attached hydrogen (secondary N) is 1. The zero-order valence-corrected chi connectivity index (χ0v) is 28.5. The van der Waals surface area contributed by atoms with Gasteiger partial charge in [0.2, 0.25) is 11.8 Å². The molecule has 13 nitrogen and oxygen atoms in total. The fourth-order valence-corrected chi connectivity index (χ4v) is 7.74. The van der Waals surface area contributed by atoms with Crippen LogP contribution < -0.4 is 11.1 Å². The molecular formula is C35H38F3N9O4. The van der Waals surface area contributed by atoms with Gasteiger partial charge in [-0.15, -0.1) is 0 Å². The number of halogens is 3. The Hall–Kier alpha value is -4.99. The van der Waals surface area contributed by atoms with Gasteiger partial charge >= 0.3 is 6.18 Å². The van der Waals surface area contributed by atoms with Crippen LogP contribution in [-0.4, -0.2) is 77.6 Å². The molecule has 6 heterocycles. The molecule has 4 atom stereocenters. The molecule has 0 spiro atoms. The van der Waals surface area contributed by atoms with E-state index in [9.17, 15) is 27.6 Å². The molecule has 3 N–H and O–H groups in total. The number of pyridine rings is 2. The largest absolute Gasteiger partial charge is 0.433 e. The van der Waals surface area contributed by atoms with E-state index in [0.29, 0.717) is 58.9 Å². The lowest BCUT2D eigenvalue weighted by Crippen LogP contribution is -2.47. The van der Waals surface area contributed by atoms with E-state index >= 15 is 0 Å². The minimum atomic E-state index is -4.71. The van der Waals surface area contributed by atoms with E-state index in [1.165, 1.54) is 15.6 Å². The first-order chi connectivity index (χ1) is 24.3. The number of nitrogens with zero attached hydrogens (tertiary/aromatic N) is 7. The Labute approximate surface area is 291 Å². The summed E-state index contributed by atoms with van der Waals surface area (Å²) in [6.45, 7) is 5.83. The zero-order valence-electron chi connectivity index (χ0n) is 28.5. The molecule has 0 unspecified atom stereocenters. The van der Waals surface area contributed by atoms with Gasteiger partial charge in [0.15, 0.2) is 5.69 Å². The first kappa shape index (κ1) is 34.5. The Morgan fingerprint density at radius 1 is 1.08 bits per heavy atom. The van der Waals surface area contributed by atoms with Crippen molar-refractivity contribution in [1.82, 2.24) is 34.6 Å². The molecule has 0 radical (unpaired) electrons. The number of primary amides is 1. The van der Waals surface area contributed by atoms with Gasteiger partial charge in [-0.25, -0.2) is 15.0 Å². The summed E-state index contributed by atoms with van der Waals surface area (Å²) in [5, 5.41) is 7.53. The summed E-state index contributed by atoms with van der Waals surface area (Å²) in [6, 6.07) is 2.42. The summed E-state index contributed by atoms with van der Waals surface area (Å²) in [6.07, 6.45) is 2.77. The highest BCUT2D eigenvalue weighted by Gasteiger charge is 2.72. The maximum atomic E-state index is 14.4. The third-order valence-electron chi connectivity index (χ3n) is 10.5. The van der Waals surface area contributed by atoms with Crippen LogP contribution in [0, 0.1) is 25.2 Å². The lowest BCUT2D eigenvalue weighted by molar-refractivity contribution is -0.141.